The third-order valence-corrected chi connectivity index (χ3v) is 7.71. The van der Waals surface area contributed by atoms with E-state index in [0.717, 1.165) is 54.0 Å². The van der Waals surface area contributed by atoms with E-state index in [0.29, 0.717) is 18.1 Å². The van der Waals surface area contributed by atoms with Gasteiger partial charge in [0.15, 0.2) is 5.13 Å². The van der Waals surface area contributed by atoms with E-state index in [1.165, 1.54) is 18.5 Å². The predicted molar refractivity (Wildman–Crippen MR) is 126 cm³/mol. The molecule has 1 saturated carbocycles. The number of nitrogens with zero attached hydrogens (tertiary/aromatic N) is 6. The molecule has 9 heteroatoms. The first kappa shape index (κ1) is 19.9. The van der Waals surface area contributed by atoms with Crippen molar-refractivity contribution in [1.82, 2.24) is 24.8 Å². The van der Waals surface area contributed by atoms with Crippen LogP contribution in [0.3, 0.4) is 0 Å². The van der Waals surface area contributed by atoms with E-state index < -0.39 is 0 Å². The molecular weight excluding hydrogens is 422 g/mol. The van der Waals surface area contributed by atoms with Crippen LogP contribution in [-0.2, 0) is 0 Å². The van der Waals surface area contributed by atoms with Gasteiger partial charge in [-0.15, -0.1) is 0 Å². The number of ether oxygens (including phenoxy) is 1. The third kappa shape index (κ3) is 3.80. The van der Waals surface area contributed by atoms with Crippen molar-refractivity contribution in [2.45, 2.75) is 50.8 Å². The Morgan fingerprint density at radius 1 is 1.09 bits per heavy atom. The summed E-state index contributed by atoms with van der Waals surface area (Å²) >= 11 is 1.55. The van der Waals surface area contributed by atoms with Crippen LogP contribution in [-0.4, -0.2) is 62.7 Å². The lowest BCUT2D eigenvalue weighted by Gasteiger charge is -2.56. The predicted octanol–water partition coefficient (Wildman–Crippen LogP) is 3.95. The number of aromatic nitrogens is 4. The fraction of sp³-hybridized carbons (Fsp3) is 0.478. The highest BCUT2D eigenvalue weighted by Gasteiger charge is 2.43. The summed E-state index contributed by atoms with van der Waals surface area (Å²) < 4.78 is 5.83. The summed E-state index contributed by atoms with van der Waals surface area (Å²) in [5, 5.41) is 4.11. The first-order chi connectivity index (χ1) is 15.7. The number of pyridine rings is 1. The molecule has 6 heterocycles. The smallest absolute Gasteiger partial charge is 0.317 e. The first-order valence-corrected chi connectivity index (χ1v) is 12.3. The normalized spacial score (nSPS) is 22.8. The molecule has 0 spiro atoms. The zero-order valence-electron chi connectivity index (χ0n) is 18.1. The Morgan fingerprint density at radius 3 is 2.69 bits per heavy atom. The molecule has 3 aliphatic heterocycles. The maximum atomic E-state index is 5.83. The van der Waals surface area contributed by atoms with E-state index >= 15 is 0 Å². The molecule has 3 aromatic rings. The van der Waals surface area contributed by atoms with E-state index in [9.17, 15) is 0 Å². The first-order valence-electron chi connectivity index (χ1n) is 11.4. The molecule has 4 aliphatic rings. The van der Waals surface area contributed by atoms with Gasteiger partial charge in [-0.3, -0.25) is 4.90 Å². The molecule has 1 N–H and O–H groups in total. The molecule has 1 aliphatic carbocycles. The second kappa shape index (κ2) is 8.29. The molecule has 2 unspecified atom stereocenters. The number of piperidine rings is 1. The van der Waals surface area contributed by atoms with Crippen molar-refractivity contribution in [2.24, 2.45) is 0 Å². The third-order valence-electron chi connectivity index (χ3n) is 6.77. The highest BCUT2D eigenvalue weighted by Crippen LogP contribution is 2.35. The van der Waals surface area contributed by atoms with E-state index in [2.05, 4.69) is 48.0 Å². The number of anilines is 3. The minimum absolute atomic E-state index is 0.263. The largest absolute Gasteiger partial charge is 0.460 e. The van der Waals surface area contributed by atoms with Crippen LogP contribution >= 0.6 is 11.3 Å². The van der Waals surface area contributed by atoms with E-state index in [4.69, 9.17) is 4.74 Å². The van der Waals surface area contributed by atoms with Crippen molar-refractivity contribution < 1.29 is 4.74 Å². The summed E-state index contributed by atoms with van der Waals surface area (Å²) in [4.78, 5) is 24.0. The van der Waals surface area contributed by atoms with Crippen LogP contribution < -0.4 is 15.0 Å². The topological polar surface area (TPSA) is 79.3 Å². The molecule has 0 amide bonds. The lowest BCUT2D eigenvalue weighted by molar-refractivity contribution is 0.00463. The Balaban J connectivity index is 1.10. The van der Waals surface area contributed by atoms with Gasteiger partial charge in [-0.05, 0) is 50.4 Å². The van der Waals surface area contributed by atoms with Gasteiger partial charge in [0.25, 0.3) is 0 Å². The number of piperazine rings is 1. The zero-order chi connectivity index (χ0) is 21.5. The lowest BCUT2D eigenvalue weighted by atomic mass is 9.87. The summed E-state index contributed by atoms with van der Waals surface area (Å²) in [6.07, 6.45) is 10.5. The average Bonchev–Trinajstić information content (AvgIpc) is 3.26. The van der Waals surface area contributed by atoms with Crippen molar-refractivity contribution in [3.8, 4) is 16.6 Å². The Labute approximate surface area is 191 Å². The second-order valence-electron chi connectivity index (χ2n) is 8.73. The minimum Gasteiger partial charge on any atom is -0.460 e. The lowest BCUT2D eigenvalue weighted by Crippen LogP contribution is -2.68. The summed E-state index contributed by atoms with van der Waals surface area (Å²) in [6, 6.07) is 7.92. The fourth-order valence-electron chi connectivity index (χ4n) is 4.79. The maximum Gasteiger partial charge on any atom is 0.317 e. The second-order valence-corrected chi connectivity index (χ2v) is 9.76. The fourth-order valence-corrected chi connectivity index (χ4v) is 5.59. The summed E-state index contributed by atoms with van der Waals surface area (Å²) in [5.41, 5.74) is 2.02. The number of hydrogen-bond donors (Lipinski definition) is 1. The van der Waals surface area contributed by atoms with Crippen molar-refractivity contribution in [3.05, 3.63) is 36.8 Å². The van der Waals surface area contributed by atoms with Crippen LogP contribution in [0, 0.1) is 0 Å². The molecule has 166 valence electrons. The van der Waals surface area contributed by atoms with Gasteiger partial charge in [-0.1, -0.05) is 18.3 Å². The highest BCUT2D eigenvalue weighted by molar-refractivity contribution is 7.18. The molecular formula is C23H27N7OS. The van der Waals surface area contributed by atoms with Gasteiger partial charge in [0, 0.05) is 37.6 Å². The van der Waals surface area contributed by atoms with Gasteiger partial charge in [0.05, 0.1) is 22.5 Å². The summed E-state index contributed by atoms with van der Waals surface area (Å²) in [7, 11) is 0. The monoisotopic (exact) mass is 449 g/mol. The zero-order valence-corrected chi connectivity index (χ0v) is 19.0. The average molecular weight is 450 g/mol. The number of rotatable bonds is 7. The Kier molecular flexibility index (Phi) is 5.15. The van der Waals surface area contributed by atoms with Gasteiger partial charge in [-0.2, -0.15) is 4.98 Å². The molecule has 0 radical (unpaired) electrons. The Hall–Kier alpha value is -2.78. The van der Waals surface area contributed by atoms with Crippen molar-refractivity contribution in [1.29, 1.82) is 0 Å². The van der Waals surface area contributed by atoms with E-state index in [-0.39, 0.29) is 6.10 Å². The summed E-state index contributed by atoms with van der Waals surface area (Å²) in [6.45, 7) is 5.61. The molecule has 3 saturated heterocycles. The van der Waals surface area contributed by atoms with Gasteiger partial charge < -0.3 is 15.0 Å². The van der Waals surface area contributed by atoms with Crippen LogP contribution in [0.2, 0.25) is 0 Å². The number of nitrogens with one attached hydrogen (secondary N) is 1. The van der Waals surface area contributed by atoms with E-state index in [1.807, 2.05) is 24.5 Å². The number of hydrogen-bond acceptors (Lipinski definition) is 9. The minimum atomic E-state index is 0.263. The van der Waals surface area contributed by atoms with Crippen LogP contribution in [0.1, 0.15) is 32.6 Å². The SMILES string of the molecule is CCN1C2CC1CN(c1ccc(Nc3ncc(-c4ccnc(OC5CCC5)n4)s3)nc1)C2. The van der Waals surface area contributed by atoms with Crippen molar-refractivity contribution in [3.63, 3.8) is 0 Å². The van der Waals surface area contributed by atoms with E-state index in [1.54, 1.807) is 17.5 Å². The van der Waals surface area contributed by atoms with Crippen LogP contribution in [0.25, 0.3) is 10.6 Å². The molecule has 7 rings (SSSR count). The van der Waals surface area contributed by atoms with Crippen LogP contribution in [0.4, 0.5) is 16.6 Å². The number of likely N-dealkylation sites (N-methyl/N-ethyl adjacent to an activating group) is 1. The van der Waals surface area contributed by atoms with Crippen molar-refractivity contribution in [2.75, 3.05) is 29.9 Å². The molecule has 0 aromatic carbocycles. The quantitative estimate of drug-likeness (QED) is 0.581. The Bertz CT molecular complexity index is 1070. The van der Waals surface area contributed by atoms with Gasteiger partial charge in [-0.25, -0.2) is 15.0 Å². The molecule has 4 fully saturated rings. The molecule has 2 bridgehead atoms. The van der Waals surface area contributed by atoms with Crippen molar-refractivity contribution >= 4 is 28.0 Å². The van der Waals surface area contributed by atoms with Crippen LogP contribution in [0.15, 0.2) is 36.8 Å². The standard InChI is InChI=1S/C23H27N7OS/c1-2-30-16-10-17(30)14-29(13-16)15-6-7-21(25-11-15)28-23-26-12-20(32-23)19-8-9-24-22(27-19)31-18-4-3-5-18/h6-9,11-12,16-18H,2-5,10,13-14H2,1H3,(H,25,26,28). The van der Waals surface area contributed by atoms with Gasteiger partial charge in [0.2, 0.25) is 0 Å². The summed E-state index contributed by atoms with van der Waals surface area (Å²) in [5.74, 6) is 0.795. The molecule has 2 atom stereocenters. The maximum absolute atomic E-state index is 5.83. The number of thiazole rings is 1. The molecule has 8 nitrogen and oxygen atoms in total. The van der Waals surface area contributed by atoms with Gasteiger partial charge >= 0.3 is 6.01 Å². The molecule has 3 aromatic heterocycles. The van der Waals surface area contributed by atoms with Gasteiger partial charge in [0.1, 0.15) is 11.9 Å². The number of fused-ring (bicyclic) bond motifs is 2. The van der Waals surface area contributed by atoms with Crippen LogP contribution in [0.5, 0.6) is 6.01 Å². The molecule has 32 heavy (non-hydrogen) atoms. The highest BCUT2D eigenvalue weighted by atomic mass is 32.1. The Morgan fingerprint density at radius 2 is 1.97 bits per heavy atom.